The van der Waals surface area contributed by atoms with Crippen LogP contribution in [0.1, 0.15) is 123 Å². The summed E-state index contributed by atoms with van der Waals surface area (Å²) in [4.78, 5) is 27.4. The van der Waals surface area contributed by atoms with Crippen molar-refractivity contribution in [2.75, 3.05) is 0 Å². The molecule has 0 bridgehead atoms. The number of carbonyl (C=O) groups is 2. The molecule has 8 heteroatoms. The van der Waals surface area contributed by atoms with E-state index in [2.05, 4.69) is 25.3 Å². The van der Waals surface area contributed by atoms with Gasteiger partial charge in [0.05, 0.1) is 0 Å². The van der Waals surface area contributed by atoms with E-state index in [9.17, 15) is 24.9 Å². The molecule has 0 aliphatic rings. The number of phenols is 2. The third-order valence-electron chi connectivity index (χ3n) is 7.67. The van der Waals surface area contributed by atoms with Crippen molar-refractivity contribution in [3.63, 3.8) is 0 Å². The number of benzene rings is 2. The van der Waals surface area contributed by atoms with Gasteiger partial charge in [-0.25, -0.2) is 0 Å². The predicted octanol–water partition coefficient (Wildman–Crippen LogP) is 8.22. The topological polar surface area (TPSA) is 104 Å². The standard InChI is InChI=1S/C35H52O6S2/c1-30(2,3)22-14-20(15-23(26(22)36)31(4,5)6)18-35(28(38)39,29(40)41-34(13,42)43)19-21-16-24(32(7,8)9)27(37)25(17-21)33(10,11)12/h14-17,36-37,42-43H,18-19H2,1-13H3,(H,38,39). The Labute approximate surface area is 269 Å². The van der Waals surface area contributed by atoms with Crippen LogP contribution in [0.25, 0.3) is 0 Å². The third kappa shape index (κ3) is 8.65. The molecule has 0 spiro atoms. The molecule has 240 valence electrons. The number of esters is 1. The highest BCUT2D eigenvalue weighted by atomic mass is 32.2. The lowest BCUT2D eigenvalue weighted by Crippen LogP contribution is -2.46. The summed E-state index contributed by atoms with van der Waals surface area (Å²) in [5, 5.41) is 33.4. The molecule has 0 saturated carbocycles. The molecule has 0 atom stereocenters. The lowest BCUT2D eigenvalue weighted by atomic mass is 9.71. The molecule has 2 rings (SSSR count). The van der Waals surface area contributed by atoms with Gasteiger partial charge in [0, 0.05) is 0 Å². The number of carboxylic acids is 1. The van der Waals surface area contributed by atoms with E-state index in [-0.39, 0.29) is 24.3 Å². The summed E-state index contributed by atoms with van der Waals surface area (Å²) in [5.74, 6) is -2.01. The lowest BCUT2D eigenvalue weighted by molar-refractivity contribution is -0.170. The summed E-state index contributed by atoms with van der Waals surface area (Å²) in [6.45, 7) is 25.2. The Morgan fingerprint density at radius 1 is 0.605 bits per heavy atom. The average Bonchev–Trinajstić information content (AvgIpc) is 2.76. The quantitative estimate of drug-likeness (QED) is 0.0912. The minimum atomic E-state index is -2.07. The van der Waals surface area contributed by atoms with Crippen LogP contribution in [-0.4, -0.2) is 31.5 Å². The summed E-state index contributed by atoms with van der Waals surface area (Å²) in [6.07, 6.45) is -0.413. The third-order valence-corrected chi connectivity index (χ3v) is 7.85. The van der Waals surface area contributed by atoms with Crippen molar-refractivity contribution in [2.45, 2.75) is 129 Å². The van der Waals surface area contributed by atoms with Gasteiger partial charge in [0.15, 0.2) is 9.68 Å². The van der Waals surface area contributed by atoms with E-state index in [1.54, 1.807) is 24.3 Å². The molecule has 0 aliphatic heterocycles. The maximum atomic E-state index is 14.0. The maximum absolute atomic E-state index is 14.0. The maximum Gasteiger partial charge on any atom is 0.326 e. The van der Waals surface area contributed by atoms with Crippen LogP contribution >= 0.6 is 25.3 Å². The van der Waals surface area contributed by atoms with Gasteiger partial charge in [0.25, 0.3) is 0 Å². The summed E-state index contributed by atoms with van der Waals surface area (Å²) >= 11 is 8.50. The van der Waals surface area contributed by atoms with Crippen molar-refractivity contribution in [2.24, 2.45) is 5.41 Å². The Kier molecular flexibility index (Phi) is 10.2. The Balaban J connectivity index is 2.98. The summed E-state index contributed by atoms with van der Waals surface area (Å²) in [7, 11) is 0. The van der Waals surface area contributed by atoms with E-state index in [0.717, 1.165) is 0 Å². The van der Waals surface area contributed by atoms with Crippen LogP contribution in [0.4, 0.5) is 0 Å². The molecule has 0 saturated heterocycles. The number of carbonyl (C=O) groups excluding carboxylic acids is 1. The summed E-state index contributed by atoms with van der Waals surface area (Å²) < 4.78 is 4.03. The highest BCUT2D eigenvalue weighted by Crippen LogP contribution is 2.44. The zero-order valence-electron chi connectivity index (χ0n) is 28.2. The van der Waals surface area contributed by atoms with Gasteiger partial charge in [0.2, 0.25) is 0 Å². The molecule has 0 unspecified atom stereocenters. The van der Waals surface area contributed by atoms with E-state index < -0.39 is 43.3 Å². The molecule has 2 aromatic rings. The highest BCUT2D eigenvalue weighted by molar-refractivity contribution is 8.00. The Morgan fingerprint density at radius 3 is 1.05 bits per heavy atom. The Hall–Kier alpha value is -2.32. The van der Waals surface area contributed by atoms with Crippen molar-refractivity contribution >= 4 is 37.2 Å². The van der Waals surface area contributed by atoms with Crippen LogP contribution in [0.2, 0.25) is 0 Å². The highest BCUT2D eigenvalue weighted by Gasteiger charge is 2.50. The smallest absolute Gasteiger partial charge is 0.326 e. The van der Waals surface area contributed by atoms with Crippen LogP contribution < -0.4 is 0 Å². The fraction of sp³-hybridized carbons (Fsp3) is 0.600. The SMILES string of the molecule is CC(S)(S)OC(=O)C(Cc1cc(C(C)(C)C)c(O)c(C(C)(C)C)c1)(Cc1cc(C(C)(C)C)c(O)c(C(C)(C)C)c1)C(=O)O. The van der Waals surface area contributed by atoms with Gasteiger partial charge in [-0.2, -0.15) is 0 Å². The number of aromatic hydroxyl groups is 2. The summed E-state index contributed by atoms with van der Waals surface area (Å²) in [5.41, 5.74) is -0.108. The van der Waals surface area contributed by atoms with Crippen LogP contribution in [0.5, 0.6) is 11.5 Å². The molecule has 3 N–H and O–H groups in total. The number of aliphatic carboxylic acids is 1. The van der Waals surface area contributed by atoms with Gasteiger partial charge in [-0.15, -0.1) is 25.3 Å². The number of phenolic OH excluding ortho intramolecular Hbond substituents is 2. The van der Waals surface area contributed by atoms with Gasteiger partial charge in [-0.1, -0.05) is 107 Å². The lowest BCUT2D eigenvalue weighted by Gasteiger charge is -2.34. The van der Waals surface area contributed by atoms with Gasteiger partial charge in [-0.05, 0) is 74.8 Å². The van der Waals surface area contributed by atoms with Gasteiger partial charge < -0.3 is 20.1 Å². The molecular weight excluding hydrogens is 581 g/mol. The van der Waals surface area contributed by atoms with E-state index in [1.165, 1.54) is 6.92 Å². The van der Waals surface area contributed by atoms with Crippen LogP contribution in [0, 0.1) is 5.41 Å². The number of hydrogen-bond acceptors (Lipinski definition) is 7. The van der Waals surface area contributed by atoms with Gasteiger partial charge >= 0.3 is 11.9 Å². The van der Waals surface area contributed by atoms with Gasteiger partial charge in [0.1, 0.15) is 11.5 Å². The molecule has 0 heterocycles. The Bertz CT molecular complexity index is 1220. The summed E-state index contributed by atoms with van der Waals surface area (Å²) in [6, 6.07) is 7.14. The number of thiol groups is 2. The first-order chi connectivity index (χ1) is 19.0. The molecule has 2 aromatic carbocycles. The van der Waals surface area contributed by atoms with E-state index in [4.69, 9.17) is 4.74 Å². The van der Waals surface area contributed by atoms with E-state index in [0.29, 0.717) is 33.4 Å². The van der Waals surface area contributed by atoms with E-state index in [1.807, 2.05) is 83.1 Å². The first-order valence-corrected chi connectivity index (χ1v) is 15.6. The fourth-order valence-corrected chi connectivity index (χ4v) is 5.46. The monoisotopic (exact) mass is 632 g/mol. The fourth-order valence-electron chi connectivity index (χ4n) is 5.30. The first kappa shape index (κ1) is 36.9. The zero-order valence-corrected chi connectivity index (χ0v) is 30.0. The molecule has 0 amide bonds. The van der Waals surface area contributed by atoms with Crippen molar-refractivity contribution in [3.05, 3.63) is 57.6 Å². The zero-order chi connectivity index (χ0) is 33.7. The van der Waals surface area contributed by atoms with Crippen molar-refractivity contribution in [1.82, 2.24) is 0 Å². The average molecular weight is 633 g/mol. The second-order valence-corrected chi connectivity index (χ2v) is 18.2. The van der Waals surface area contributed by atoms with Crippen LogP contribution in [-0.2, 0) is 48.8 Å². The molecule has 0 fully saturated rings. The van der Waals surface area contributed by atoms with Crippen molar-refractivity contribution in [3.8, 4) is 11.5 Å². The van der Waals surface area contributed by atoms with Crippen LogP contribution in [0.15, 0.2) is 24.3 Å². The number of ether oxygens (including phenoxy) is 1. The van der Waals surface area contributed by atoms with Crippen molar-refractivity contribution in [1.29, 1.82) is 0 Å². The normalized spacial score (nSPS) is 13.7. The predicted molar refractivity (Wildman–Crippen MR) is 181 cm³/mol. The molecule has 0 radical (unpaired) electrons. The van der Waals surface area contributed by atoms with Gasteiger partial charge in [-0.3, -0.25) is 9.59 Å². The largest absolute Gasteiger partial charge is 0.507 e. The molecular formula is C35H52O6S2. The molecule has 0 aliphatic carbocycles. The minimum Gasteiger partial charge on any atom is -0.507 e. The first-order valence-electron chi connectivity index (χ1n) is 14.7. The molecule has 6 nitrogen and oxygen atoms in total. The van der Waals surface area contributed by atoms with E-state index >= 15 is 0 Å². The molecule has 0 aromatic heterocycles. The van der Waals surface area contributed by atoms with Crippen molar-refractivity contribution < 1.29 is 29.6 Å². The number of hydrogen-bond donors (Lipinski definition) is 5. The molecule has 43 heavy (non-hydrogen) atoms. The minimum absolute atomic E-state index is 0.161. The second kappa shape index (κ2) is 11.9. The second-order valence-electron chi connectivity index (χ2n) is 16.1. The Morgan fingerprint density at radius 2 is 0.860 bits per heavy atom. The van der Waals surface area contributed by atoms with Crippen LogP contribution in [0.3, 0.4) is 0 Å². The number of carboxylic acid groups (broad SMARTS) is 1. The number of rotatable bonds is 7.